The summed E-state index contributed by atoms with van der Waals surface area (Å²) in [7, 11) is 0. The maximum atomic E-state index is 8.95. The van der Waals surface area contributed by atoms with Crippen LogP contribution in [-0.4, -0.2) is 18.3 Å². The van der Waals surface area contributed by atoms with Crippen molar-refractivity contribution in [3.8, 4) is 17.9 Å². The third-order valence-corrected chi connectivity index (χ3v) is 3.55. The van der Waals surface area contributed by atoms with Gasteiger partial charge in [0.25, 0.3) is 0 Å². The molecule has 0 aliphatic rings. The molecule has 1 N–H and O–H groups in total. The van der Waals surface area contributed by atoms with Gasteiger partial charge < -0.3 is 9.84 Å². The van der Waals surface area contributed by atoms with Crippen molar-refractivity contribution in [2.75, 3.05) is 13.2 Å². The highest BCUT2D eigenvalue weighted by Crippen LogP contribution is 2.17. The van der Waals surface area contributed by atoms with E-state index in [0.717, 1.165) is 25.7 Å². The zero-order valence-electron chi connectivity index (χ0n) is 13.1. The van der Waals surface area contributed by atoms with Crippen LogP contribution in [0.2, 0.25) is 0 Å². The number of unbranched alkanes of at least 4 members (excludes halogenated alkanes) is 7. The number of ether oxygens (including phenoxy) is 1. The zero-order chi connectivity index (χ0) is 16.0. The van der Waals surface area contributed by atoms with E-state index in [9.17, 15) is 0 Å². The first kappa shape index (κ1) is 18.0. The fraction of sp³-hybridized carbons (Fsp3) is 0.556. The topological polar surface area (TPSA) is 77.0 Å². The number of hydrogen-bond donors (Lipinski definition) is 1. The molecule has 4 nitrogen and oxygen atoms in total. The molecular formula is C18H24N2O2. The molecule has 1 rings (SSSR count). The van der Waals surface area contributed by atoms with E-state index in [4.69, 9.17) is 20.4 Å². The van der Waals surface area contributed by atoms with Gasteiger partial charge in [0.05, 0.1) is 17.7 Å². The third kappa shape index (κ3) is 7.11. The number of nitriles is 2. The van der Waals surface area contributed by atoms with Gasteiger partial charge in [-0.15, -0.1) is 0 Å². The predicted octanol–water partition coefficient (Wildman–Crippen LogP) is 3.92. The molecular weight excluding hydrogens is 276 g/mol. The normalized spacial score (nSPS) is 9.95. The van der Waals surface area contributed by atoms with Crippen molar-refractivity contribution in [3.05, 3.63) is 29.3 Å². The minimum Gasteiger partial charge on any atom is -0.494 e. The molecule has 0 saturated heterocycles. The van der Waals surface area contributed by atoms with E-state index in [0.29, 0.717) is 30.1 Å². The lowest BCUT2D eigenvalue weighted by atomic mass is 10.1. The molecule has 0 atom stereocenters. The Morgan fingerprint density at radius 1 is 0.818 bits per heavy atom. The number of rotatable bonds is 11. The van der Waals surface area contributed by atoms with Crippen LogP contribution >= 0.6 is 0 Å². The van der Waals surface area contributed by atoms with Crippen molar-refractivity contribution in [2.45, 2.75) is 51.4 Å². The van der Waals surface area contributed by atoms with Crippen LogP contribution in [0.5, 0.6) is 5.75 Å². The summed E-state index contributed by atoms with van der Waals surface area (Å²) in [5, 5.41) is 26.5. The first-order valence-corrected chi connectivity index (χ1v) is 7.99. The summed E-state index contributed by atoms with van der Waals surface area (Å²) >= 11 is 0. The first-order chi connectivity index (χ1) is 10.8. The molecule has 0 fully saturated rings. The summed E-state index contributed by atoms with van der Waals surface area (Å²) in [6.07, 6.45) is 9.07. The Morgan fingerprint density at radius 3 is 2.00 bits per heavy atom. The van der Waals surface area contributed by atoms with E-state index in [2.05, 4.69) is 0 Å². The molecule has 0 aromatic heterocycles. The second-order valence-corrected chi connectivity index (χ2v) is 5.33. The van der Waals surface area contributed by atoms with E-state index in [1.165, 1.54) is 25.7 Å². The minimum absolute atomic E-state index is 0.306. The standard InChI is InChI=1S/C18H24N2O2/c19-14-16-9-10-18(13-17(16)15-20)22-12-8-6-4-2-1-3-5-7-11-21/h9-10,13,21H,1-8,11-12H2. The smallest absolute Gasteiger partial charge is 0.120 e. The largest absolute Gasteiger partial charge is 0.494 e. The fourth-order valence-corrected chi connectivity index (χ4v) is 2.27. The Morgan fingerprint density at radius 2 is 1.41 bits per heavy atom. The van der Waals surface area contributed by atoms with Gasteiger partial charge in [-0.1, -0.05) is 38.5 Å². The van der Waals surface area contributed by atoms with Gasteiger partial charge in [0.2, 0.25) is 0 Å². The summed E-state index contributed by atoms with van der Waals surface area (Å²) in [5.41, 5.74) is 0.749. The van der Waals surface area contributed by atoms with Gasteiger partial charge in [-0.3, -0.25) is 0 Å². The van der Waals surface area contributed by atoms with Gasteiger partial charge >= 0.3 is 0 Å². The molecule has 0 radical (unpaired) electrons. The molecule has 1 aromatic carbocycles. The quantitative estimate of drug-likeness (QED) is 0.628. The summed E-state index contributed by atoms with van der Waals surface area (Å²) in [4.78, 5) is 0. The molecule has 0 spiro atoms. The number of hydrogen-bond acceptors (Lipinski definition) is 4. The van der Waals surface area contributed by atoms with Crippen molar-refractivity contribution in [3.63, 3.8) is 0 Å². The van der Waals surface area contributed by atoms with Gasteiger partial charge in [0.1, 0.15) is 17.9 Å². The molecule has 0 unspecified atom stereocenters. The summed E-state index contributed by atoms with van der Waals surface area (Å²) in [6.45, 7) is 0.946. The molecule has 118 valence electrons. The molecule has 0 amide bonds. The Kier molecular flexibility index (Phi) is 9.50. The molecule has 0 aliphatic carbocycles. The van der Waals surface area contributed by atoms with Gasteiger partial charge in [-0.05, 0) is 31.0 Å². The molecule has 0 heterocycles. The lowest BCUT2D eigenvalue weighted by Gasteiger charge is -2.07. The molecule has 0 aliphatic heterocycles. The summed E-state index contributed by atoms with van der Waals surface area (Å²) in [5.74, 6) is 0.652. The van der Waals surface area contributed by atoms with E-state index >= 15 is 0 Å². The van der Waals surface area contributed by atoms with Crippen LogP contribution in [0.1, 0.15) is 62.5 Å². The van der Waals surface area contributed by atoms with E-state index < -0.39 is 0 Å². The molecule has 1 aromatic rings. The van der Waals surface area contributed by atoms with E-state index in [1.54, 1.807) is 18.2 Å². The monoisotopic (exact) mass is 300 g/mol. The van der Waals surface area contributed by atoms with Crippen LogP contribution in [0.25, 0.3) is 0 Å². The Bertz CT molecular complexity index is 515. The van der Waals surface area contributed by atoms with Crippen molar-refractivity contribution < 1.29 is 9.84 Å². The molecule has 0 saturated carbocycles. The number of benzene rings is 1. The van der Waals surface area contributed by atoms with Crippen LogP contribution < -0.4 is 4.74 Å². The van der Waals surface area contributed by atoms with Crippen LogP contribution in [0.4, 0.5) is 0 Å². The van der Waals surface area contributed by atoms with Crippen LogP contribution in [0.15, 0.2) is 18.2 Å². The minimum atomic E-state index is 0.306. The second-order valence-electron chi connectivity index (χ2n) is 5.33. The number of nitrogens with zero attached hydrogens (tertiary/aromatic N) is 2. The Hall–Kier alpha value is -2.04. The molecule has 22 heavy (non-hydrogen) atoms. The Labute approximate surface area is 133 Å². The molecule has 0 bridgehead atoms. The maximum absolute atomic E-state index is 8.95. The average Bonchev–Trinajstić information content (AvgIpc) is 2.56. The van der Waals surface area contributed by atoms with Gasteiger partial charge in [-0.25, -0.2) is 0 Å². The molecule has 4 heteroatoms. The van der Waals surface area contributed by atoms with E-state index in [1.807, 2.05) is 12.1 Å². The fourth-order valence-electron chi connectivity index (χ4n) is 2.27. The lowest BCUT2D eigenvalue weighted by molar-refractivity contribution is 0.282. The Balaban J connectivity index is 2.10. The highest BCUT2D eigenvalue weighted by molar-refractivity contribution is 5.49. The van der Waals surface area contributed by atoms with Crippen molar-refractivity contribution in [1.82, 2.24) is 0 Å². The zero-order valence-corrected chi connectivity index (χ0v) is 13.1. The maximum Gasteiger partial charge on any atom is 0.120 e. The highest BCUT2D eigenvalue weighted by atomic mass is 16.5. The van der Waals surface area contributed by atoms with Crippen molar-refractivity contribution in [1.29, 1.82) is 10.5 Å². The lowest BCUT2D eigenvalue weighted by Crippen LogP contribution is -1.98. The SMILES string of the molecule is N#Cc1ccc(OCCCCCCCCCCO)cc1C#N. The summed E-state index contributed by atoms with van der Waals surface area (Å²) in [6, 6.07) is 8.98. The van der Waals surface area contributed by atoms with Gasteiger partial charge in [0.15, 0.2) is 0 Å². The van der Waals surface area contributed by atoms with Gasteiger partial charge in [0, 0.05) is 6.61 Å². The average molecular weight is 300 g/mol. The van der Waals surface area contributed by atoms with Crippen molar-refractivity contribution in [2.24, 2.45) is 0 Å². The second kappa shape index (κ2) is 11.6. The number of aliphatic hydroxyl groups is 1. The van der Waals surface area contributed by atoms with E-state index in [-0.39, 0.29) is 0 Å². The third-order valence-electron chi connectivity index (χ3n) is 3.55. The van der Waals surface area contributed by atoms with Crippen LogP contribution in [-0.2, 0) is 0 Å². The van der Waals surface area contributed by atoms with Crippen LogP contribution in [0, 0.1) is 22.7 Å². The first-order valence-electron chi connectivity index (χ1n) is 7.99. The van der Waals surface area contributed by atoms with Crippen molar-refractivity contribution >= 4 is 0 Å². The van der Waals surface area contributed by atoms with Crippen LogP contribution in [0.3, 0.4) is 0 Å². The van der Waals surface area contributed by atoms with Gasteiger partial charge in [-0.2, -0.15) is 10.5 Å². The predicted molar refractivity (Wildman–Crippen MR) is 85.4 cm³/mol. The number of aliphatic hydroxyl groups excluding tert-OH is 1. The highest BCUT2D eigenvalue weighted by Gasteiger charge is 2.03. The summed E-state index contributed by atoms with van der Waals surface area (Å²) < 4.78 is 5.62.